The highest BCUT2D eigenvalue weighted by Gasteiger charge is 1.47. The van der Waals surface area contributed by atoms with Gasteiger partial charge in [0.2, 0.25) is 0 Å². The predicted octanol–water partition coefficient (Wildman–Crippen LogP) is 7.62. The van der Waals surface area contributed by atoms with Crippen LogP contribution in [0.1, 0.15) is 81.7 Å². The normalized spacial score (nSPS) is 2.50. The van der Waals surface area contributed by atoms with E-state index < -0.39 is 0 Å². The lowest BCUT2D eigenvalue weighted by Crippen LogP contribution is -1.60. The molecule has 0 aromatic carbocycles. The second-order valence-electron chi connectivity index (χ2n) is 0.630. The molecule has 26 heavy (non-hydrogen) atoms. The molecule has 0 aromatic rings. The molecule has 0 aliphatic rings. The highest BCUT2D eigenvalue weighted by molar-refractivity contribution is 14.1. The zero-order chi connectivity index (χ0) is 13.5. The van der Waals surface area contributed by atoms with Gasteiger partial charge in [-0.15, -0.1) is 0 Å². The zero-order valence-electron chi connectivity index (χ0n) is 7.66. The Bertz CT molecular complexity index is 50.9. The van der Waals surface area contributed by atoms with Gasteiger partial charge in [0.05, 0.1) is 0 Å². The van der Waals surface area contributed by atoms with Crippen LogP contribution in [-0.4, -0.2) is 63.8 Å². The maximum absolute atomic E-state index is 4.71. The summed E-state index contributed by atoms with van der Waals surface area (Å²) in [5.74, 6) is 0. The van der Waals surface area contributed by atoms with Gasteiger partial charge in [0.1, 0.15) is 25.1 Å². The molecule has 153 valence electrons. The average Bonchev–Trinajstić information content (AvgIpc) is 2.09. The Morgan fingerprint density at radius 3 is 0.269 bits per heavy atom. The molecule has 15 radical (unpaired) electrons. The van der Waals surface area contributed by atoms with Crippen LogP contribution >= 0.6 is 112 Å². The zero-order valence-corrected chi connectivity index (χ0v) is 18.5. The van der Waals surface area contributed by atoms with Gasteiger partial charge in [-0.1, -0.05) is 81.7 Å². The Morgan fingerprint density at radius 1 is 0.269 bits per heavy atom. The second-order valence-corrected chi connectivity index (χ2v) is 4.23. The Morgan fingerprint density at radius 2 is 0.269 bits per heavy atom. The van der Waals surface area contributed by atoms with Crippen LogP contribution < -0.4 is 0 Å². The van der Waals surface area contributed by atoms with Gasteiger partial charge >= 0.3 is 0 Å². The molecule has 15 heteroatoms. The first-order chi connectivity index (χ1) is 7.07. The largest absolute Gasteiger partial charge is 0.171 e. The van der Waals surface area contributed by atoms with E-state index in [0.29, 0.717) is 0 Å². The quantitative estimate of drug-likeness (QED) is 0.174. The fraction of sp³-hybridized carbons (Fsp3) is 1.00. The van der Waals surface area contributed by atoms with Crippen LogP contribution in [-0.2, 0) is 0 Å². The third-order valence-corrected chi connectivity index (χ3v) is 0. The minimum atomic E-state index is 0. The minimum Gasteiger partial charge on any atom is -0.171 e. The van der Waals surface area contributed by atoms with E-state index in [0.717, 1.165) is 0 Å². The van der Waals surface area contributed by atoms with Crippen molar-refractivity contribution in [2.45, 2.75) is 81.7 Å². The average molecular weight is 919 g/mol. The third kappa shape index (κ3) is 1140. The van der Waals surface area contributed by atoms with E-state index in [1.807, 2.05) is 112 Å². The SMILES string of the molecule is C.C.C.C.C.C.C.C.C.C.C.[B][B]I.[B][B]I.[B][B]I.[B][B]I.[B][B]I. The Hall–Kier alpha value is 4.30. The number of hydrogen-bond donors (Lipinski definition) is 0. The van der Waals surface area contributed by atoms with Crippen LogP contribution in [0.2, 0.25) is 0 Å². The highest BCUT2D eigenvalue weighted by atomic mass is 127. The van der Waals surface area contributed by atoms with E-state index in [2.05, 4.69) is 0 Å². The topological polar surface area (TPSA) is 0 Å². The molecule has 0 aromatic heterocycles. The first-order valence-electron chi connectivity index (χ1n) is 2.76. The molecule has 0 aliphatic carbocycles. The van der Waals surface area contributed by atoms with Crippen molar-refractivity contribution in [1.29, 1.82) is 0 Å². The molecule has 0 spiro atoms. The van der Waals surface area contributed by atoms with Crippen molar-refractivity contribution in [2.24, 2.45) is 0 Å². The number of rotatable bonds is 0. The Balaban J connectivity index is -0.00000000311. The third-order valence-electron chi connectivity index (χ3n) is 0. The first-order valence-corrected chi connectivity index (χ1v) is 8.99. The lowest BCUT2D eigenvalue weighted by Gasteiger charge is -1.39. The molecule has 0 atom stereocenters. The van der Waals surface area contributed by atoms with Crippen molar-refractivity contribution in [1.82, 2.24) is 0 Å². The van der Waals surface area contributed by atoms with Crippen LogP contribution in [0.4, 0.5) is 0 Å². The number of halogens is 5. The minimum absolute atomic E-state index is 0. The van der Waals surface area contributed by atoms with Gasteiger partial charge in [0.25, 0.3) is 0 Å². The summed E-state index contributed by atoms with van der Waals surface area (Å²) in [6.07, 6.45) is 0. The van der Waals surface area contributed by atoms with Crippen LogP contribution in [0.3, 0.4) is 0 Å². The van der Waals surface area contributed by atoms with Crippen LogP contribution in [0.5, 0.6) is 0 Å². The fourth-order valence-corrected chi connectivity index (χ4v) is 0. The van der Waals surface area contributed by atoms with Crippen molar-refractivity contribution >= 4 is 176 Å². The summed E-state index contributed by atoms with van der Waals surface area (Å²) >= 11 is 9.71. The lowest BCUT2D eigenvalue weighted by atomic mass is 9.81. The van der Waals surface area contributed by atoms with Crippen molar-refractivity contribution in [3.63, 3.8) is 0 Å². The molecule has 0 saturated carbocycles. The maximum atomic E-state index is 4.71. The Kier molecular flexibility index (Phi) is 1330. The standard InChI is InChI=1S/11CH4.5B2I/c;;;;;;;;;;;5*1-2-3/h11*1H4;;;;;. The summed E-state index contributed by atoms with van der Waals surface area (Å²) < 4.78 is 0. The first kappa shape index (κ1) is 127. The lowest BCUT2D eigenvalue weighted by molar-refractivity contribution is 2.50. The molecule has 0 saturated heterocycles. The van der Waals surface area contributed by atoms with Gasteiger partial charge < -0.3 is 0 Å². The summed E-state index contributed by atoms with van der Waals surface area (Å²) in [6, 6.07) is 0. The van der Waals surface area contributed by atoms with Gasteiger partial charge in [-0.05, 0) is 0 Å². The summed E-state index contributed by atoms with van der Waals surface area (Å²) in [5, 5.41) is 7.35. The predicted molar refractivity (Wildman–Crippen MR) is 202 cm³/mol. The maximum Gasteiger partial charge on any atom is 0.143 e. The molecule has 0 amide bonds. The smallest absolute Gasteiger partial charge is 0.143 e. The summed E-state index contributed by atoms with van der Waals surface area (Å²) in [6.45, 7) is 0. The van der Waals surface area contributed by atoms with Crippen molar-refractivity contribution in [2.75, 3.05) is 0 Å². The van der Waals surface area contributed by atoms with E-state index in [9.17, 15) is 0 Å². The van der Waals surface area contributed by atoms with Gasteiger partial charge in [0.15, 0.2) is 0 Å². The summed E-state index contributed by atoms with van der Waals surface area (Å²) in [4.78, 5) is 0. The van der Waals surface area contributed by atoms with Crippen LogP contribution in [0, 0.1) is 0 Å². The number of hydrogen-bond acceptors (Lipinski definition) is 0. The van der Waals surface area contributed by atoms with E-state index in [4.69, 9.17) is 38.7 Å². The highest BCUT2D eigenvalue weighted by Crippen LogP contribution is 1.59. The molecular formula is C11H44B10I5. The van der Waals surface area contributed by atoms with E-state index in [-0.39, 0.29) is 81.7 Å². The van der Waals surface area contributed by atoms with Crippen LogP contribution in [0.25, 0.3) is 0 Å². The van der Waals surface area contributed by atoms with Crippen molar-refractivity contribution in [3.8, 4) is 0 Å². The summed E-state index contributed by atoms with van der Waals surface area (Å²) in [5.41, 5.74) is 0. The van der Waals surface area contributed by atoms with Gasteiger partial charge in [-0.3, -0.25) is 0 Å². The molecule has 0 rings (SSSR count). The molecule has 0 bridgehead atoms. The molecule has 0 heterocycles. The molecular weight excluding hydrogens is 875 g/mol. The second kappa shape index (κ2) is 271. The fourth-order valence-electron chi connectivity index (χ4n) is 0. The summed E-state index contributed by atoms with van der Waals surface area (Å²) in [7, 11) is 23.5. The van der Waals surface area contributed by atoms with Gasteiger partial charge in [-0.2, -0.15) is 112 Å². The van der Waals surface area contributed by atoms with E-state index >= 15 is 0 Å². The van der Waals surface area contributed by atoms with E-state index in [1.54, 1.807) is 0 Å². The van der Waals surface area contributed by atoms with Gasteiger partial charge in [-0.25, -0.2) is 0 Å². The van der Waals surface area contributed by atoms with Crippen LogP contribution in [0.15, 0.2) is 0 Å². The van der Waals surface area contributed by atoms with Crippen molar-refractivity contribution in [3.05, 3.63) is 0 Å². The molecule has 0 unspecified atom stereocenters. The molecule has 0 fully saturated rings. The van der Waals surface area contributed by atoms with Gasteiger partial charge in [0, 0.05) is 38.7 Å². The van der Waals surface area contributed by atoms with Crippen molar-refractivity contribution < 1.29 is 0 Å². The molecule has 0 aliphatic heterocycles. The van der Waals surface area contributed by atoms with E-state index in [1.165, 1.54) is 25.1 Å². The molecule has 0 N–H and O–H groups in total. The Labute approximate surface area is 253 Å². The molecule has 0 nitrogen and oxygen atoms in total. The monoisotopic (exact) mass is 921 g/mol.